The van der Waals surface area contributed by atoms with Crippen LogP contribution in [0, 0.1) is 18.3 Å². The summed E-state index contributed by atoms with van der Waals surface area (Å²) in [5.74, 6) is 0.326. The van der Waals surface area contributed by atoms with Crippen LogP contribution < -0.4 is 0 Å². The van der Waals surface area contributed by atoms with Crippen molar-refractivity contribution in [3.8, 4) is 12.8 Å². The van der Waals surface area contributed by atoms with Crippen LogP contribution in [0.1, 0.15) is 121 Å². The number of hydrogen-bond donors (Lipinski definition) is 0. The minimum Gasteiger partial charge on any atom is -0.124 e. The van der Waals surface area contributed by atoms with E-state index in [1.165, 1.54) is 85.6 Å². The van der Waals surface area contributed by atoms with Crippen molar-refractivity contribution >= 4 is 0 Å². The molecule has 0 fully saturated rings. The summed E-state index contributed by atoms with van der Waals surface area (Å²) in [7, 11) is 0. The summed E-state index contributed by atoms with van der Waals surface area (Å²) in [6, 6.07) is 18.4. The summed E-state index contributed by atoms with van der Waals surface area (Å²) >= 11 is 0. The third-order valence-electron chi connectivity index (χ3n) is 7.21. The standard InChI is InChI=1S/C29H40.C3H6.C2H6.C2H2/c1-5-8-19-29(20-9-6-2)21-13-16-25-18-17-24(7-3)22-27(25)28(23(29)4)26-14-11-10-12-15-26;1-3-2;2*1-2/h10-12,14-15,17-18,22,28H,4-9,13,16,19-21H2,1-3H3;3H,1H2,2H3;1-2H3;1-2H/t28-;;;/m1.../s1. The highest BCUT2D eigenvalue weighted by Crippen LogP contribution is 2.52. The smallest absolute Gasteiger partial charge is 0.0304 e. The van der Waals surface area contributed by atoms with Crippen LogP contribution >= 0.6 is 0 Å². The SMILES string of the molecule is C#C.C=C1[C@H](c2ccccc2)c2cc(CC)ccc2CCCC1(CCCC)CCCC.C=CC.CC. The second-order valence-electron chi connectivity index (χ2n) is 9.50. The summed E-state index contributed by atoms with van der Waals surface area (Å²) in [5.41, 5.74) is 7.71. The first-order chi connectivity index (χ1) is 17.6. The van der Waals surface area contributed by atoms with Crippen LogP contribution in [0.15, 0.2) is 73.3 Å². The van der Waals surface area contributed by atoms with Crippen LogP contribution in [0.5, 0.6) is 0 Å². The molecule has 2 aromatic carbocycles. The van der Waals surface area contributed by atoms with Crippen molar-refractivity contribution in [1.29, 1.82) is 0 Å². The van der Waals surface area contributed by atoms with E-state index in [0.717, 1.165) is 6.42 Å². The Balaban J connectivity index is 0.00000159. The largest absolute Gasteiger partial charge is 0.124 e. The first kappa shape index (κ1) is 33.5. The molecule has 3 rings (SSSR count). The zero-order valence-electron chi connectivity index (χ0n) is 24.4. The fourth-order valence-corrected chi connectivity index (χ4v) is 5.39. The van der Waals surface area contributed by atoms with Gasteiger partial charge in [-0.15, -0.1) is 19.4 Å². The molecule has 1 atom stereocenters. The van der Waals surface area contributed by atoms with E-state index < -0.39 is 0 Å². The average molecular weight is 487 g/mol. The fourth-order valence-electron chi connectivity index (χ4n) is 5.39. The second-order valence-corrected chi connectivity index (χ2v) is 9.50. The van der Waals surface area contributed by atoms with E-state index >= 15 is 0 Å². The maximum absolute atomic E-state index is 4.89. The summed E-state index contributed by atoms with van der Waals surface area (Å²) in [4.78, 5) is 0. The number of rotatable bonds is 8. The van der Waals surface area contributed by atoms with Crippen molar-refractivity contribution in [2.75, 3.05) is 0 Å². The molecule has 1 aliphatic rings. The van der Waals surface area contributed by atoms with Gasteiger partial charge in [0.1, 0.15) is 0 Å². The van der Waals surface area contributed by atoms with Crippen molar-refractivity contribution in [3.05, 3.63) is 95.6 Å². The van der Waals surface area contributed by atoms with Gasteiger partial charge in [0.2, 0.25) is 0 Å². The molecular formula is C36H54. The summed E-state index contributed by atoms with van der Waals surface area (Å²) in [6.07, 6.45) is 22.4. The van der Waals surface area contributed by atoms with E-state index in [4.69, 9.17) is 6.58 Å². The van der Waals surface area contributed by atoms with E-state index in [1.807, 2.05) is 20.8 Å². The Morgan fingerprint density at radius 2 is 1.50 bits per heavy atom. The van der Waals surface area contributed by atoms with E-state index in [2.05, 4.69) is 88.7 Å². The van der Waals surface area contributed by atoms with Gasteiger partial charge in [0.25, 0.3) is 0 Å². The topological polar surface area (TPSA) is 0 Å². The lowest BCUT2D eigenvalue weighted by atomic mass is 9.62. The number of allylic oxidation sites excluding steroid dienone is 2. The first-order valence-corrected chi connectivity index (χ1v) is 14.3. The molecule has 36 heavy (non-hydrogen) atoms. The van der Waals surface area contributed by atoms with Crippen LogP contribution in [0.3, 0.4) is 0 Å². The van der Waals surface area contributed by atoms with E-state index in [1.54, 1.807) is 6.08 Å². The lowest BCUT2D eigenvalue weighted by molar-refractivity contribution is 0.242. The highest BCUT2D eigenvalue weighted by molar-refractivity contribution is 5.48. The van der Waals surface area contributed by atoms with Crippen LogP contribution in [-0.4, -0.2) is 0 Å². The van der Waals surface area contributed by atoms with Crippen molar-refractivity contribution in [3.63, 3.8) is 0 Å². The number of terminal acetylenes is 1. The number of fused-ring (bicyclic) bond motifs is 1. The zero-order chi connectivity index (χ0) is 27.4. The molecule has 0 aromatic heterocycles. The molecule has 0 saturated heterocycles. The van der Waals surface area contributed by atoms with E-state index in [-0.39, 0.29) is 5.41 Å². The molecule has 0 aliphatic heterocycles. The zero-order valence-corrected chi connectivity index (χ0v) is 24.4. The van der Waals surface area contributed by atoms with Crippen molar-refractivity contribution in [2.24, 2.45) is 5.41 Å². The molecule has 0 N–H and O–H groups in total. The Morgan fingerprint density at radius 3 is 2.00 bits per heavy atom. The Bertz CT molecular complexity index is 859. The molecule has 1 aliphatic carbocycles. The number of unbranched alkanes of at least 4 members (excludes halogenated alkanes) is 2. The molecule has 0 heteroatoms. The van der Waals surface area contributed by atoms with Gasteiger partial charge in [-0.3, -0.25) is 0 Å². The van der Waals surface area contributed by atoms with Gasteiger partial charge in [-0.2, -0.15) is 0 Å². The Hall–Kier alpha value is -2.52. The van der Waals surface area contributed by atoms with Crippen LogP contribution in [0.4, 0.5) is 0 Å². The van der Waals surface area contributed by atoms with Gasteiger partial charge < -0.3 is 0 Å². The van der Waals surface area contributed by atoms with E-state index in [0.29, 0.717) is 5.92 Å². The van der Waals surface area contributed by atoms with Gasteiger partial charge in [-0.1, -0.05) is 127 Å². The van der Waals surface area contributed by atoms with E-state index in [9.17, 15) is 0 Å². The minimum atomic E-state index is 0.284. The number of benzene rings is 2. The van der Waals surface area contributed by atoms with Crippen LogP contribution in [-0.2, 0) is 12.8 Å². The predicted octanol–water partition coefficient (Wildman–Crippen LogP) is 11.1. The maximum Gasteiger partial charge on any atom is 0.0304 e. The van der Waals surface area contributed by atoms with Crippen molar-refractivity contribution in [1.82, 2.24) is 0 Å². The van der Waals surface area contributed by atoms with Gasteiger partial charge in [-0.25, -0.2) is 0 Å². The van der Waals surface area contributed by atoms with Crippen molar-refractivity contribution < 1.29 is 0 Å². The van der Waals surface area contributed by atoms with Crippen molar-refractivity contribution in [2.45, 2.75) is 112 Å². The van der Waals surface area contributed by atoms with Gasteiger partial charge in [-0.05, 0) is 73.1 Å². The fraction of sp³-hybridized carbons (Fsp3) is 0.500. The van der Waals surface area contributed by atoms with Gasteiger partial charge in [0.05, 0.1) is 0 Å². The second kappa shape index (κ2) is 19.6. The average Bonchev–Trinajstić information content (AvgIpc) is 2.93. The molecule has 0 nitrogen and oxygen atoms in total. The maximum atomic E-state index is 4.89. The molecular weight excluding hydrogens is 432 g/mol. The molecule has 0 amide bonds. The molecule has 198 valence electrons. The highest BCUT2D eigenvalue weighted by Gasteiger charge is 2.38. The molecule has 0 radical (unpaired) electrons. The third-order valence-corrected chi connectivity index (χ3v) is 7.21. The quantitative estimate of drug-likeness (QED) is 0.257. The lowest BCUT2D eigenvalue weighted by Gasteiger charge is -2.43. The van der Waals surface area contributed by atoms with Gasteiger partial charge in [0, 0.05) is 5.92 Å². The van der Waals surface area contributed by atoms with Gasteiger partial charge in [0.15, 0.2) is 0 Å². The highest BCUT2D eigenvalue weighted by atomic mass is 14.4. The normalized spacial score (nSPS) is 15.7. The number of aryl methyl sites for hydroxylation is 2. The Labute approximate surface area is 225 Å². The molecule has 2 aromatic rings. The predicted molar refractivity (Wildman–Crippen MR) is 165 cm³/mol. The molecule has 0 spiro atoms. The lowest BCUT2D eigenvalue weighted by Crippen LogP contribution is -2.30. The molecule has 0 bridgehead atoms. The summed E-state index contributed by atoms with van der Waals surface area (Å²) in [5, 5.41) is 0. The molecule has 0 unspecified atom stereocenters. The first-order valence-electron chi connectivity index (χ1n) is 14.3. The Morgan fingerprint density at radius 1 is 0.944 bits per heavy atom. The number of hydrogen-bond acceptors (Lipinski definition) is 0. The minimum absolute atomic E-state index is 0.284. The molecule has 0 saturated carbocycles. The third kappa shape index (κ3) is 9.50. The van der Waals surface area contributed by atoms with Crippen LogP contribution in [0.25, 0.3) is 0 Å². The van der Waals surface area contributed by atoms with Crippen LogP contribution in [0.2, 0.25) is 0 Å². The summed E-state index contributed by atoms with van der Waals surface area (Å²) < 4.78 is 0. The monoisotopic (exact) mass is 486 g/mol. The Kier molecular flexibility index (Phi) is 18.3. The van der Waals surface area contributed by atoms with Gasteiger partial charge >= 0.3 is 0 Å². The molecule has 0 heterocycles. The summed E-state index contributed by atoms with van der Waals surface area (Å²) in [6.45, 7) is 21.1.